The maximum Gasteiger partial charge on any atom is 0.273 e. The van der Waals surface area contributed by atoms with Crippen molar-refractivity contribution in [2.45, 2.75) is 9.79 Å². The van der Waals surface area contributed by atoms with Gasteiger partial charge in [-0.15, -0.1) is 0 Å². The van der Waals surface area contributed by atoms with Gasteiger partial charge in [0.05, 0.1) is 38.4 Å². The first-order valence-electron chi connectivity index (χ1n) is 12.5. The van der Waals surface area contributed by atoms with Crippen molar-refractivity contribution >= 4 is 38.0 Å². The summed E-state index contributed by atoms with van der Waals surface area (Å²) in [6.45, 7) is 2.50. The Morgan fingerprint density at radius 1 is 0.975 bits per heavy atom. The average Bonchev–Trinajstić information content (AvgIpc) is 3.33. The zero-order valence-electron chi connectivity index (χ0n) is 21.6. The van der Waals surface area contributed by atoms with Gasteiger partial charge in [-0.1, -0.05) is 6.07 Å². The van der Waals surface area contributed by atoms with E-state index in [4.69, 9.17) is 0 Å². The number of likely N-dealkylation sites (N-methyl/N-ethyl adjacent to an activating group) is 1. The van der Waals surface area contributed by atoms with Crippen molar-refractivity contribution in [3.8, 4) is 0 Å². The third-order valence-electron chi connectivity index (χ3n) is 6.71. The lowest BCUT2D eigenvalue weighted by Crippen LogP contribution is -2.45. The van der Waals surface area contributed by atoms with Gasteiger partial charge in [0.15, 0.2) is 0 Å². The van der Waals surface area contributed by atoms with Crippen molar-refractivity contribution in [3.05, 3.63) is 78.0 Å². The number of sulfone groups is 1. The molecule has 5 rings (SSSR count). The fourth-order valence-corrected chi connectivity index (χ4v) is 6.00. The Morgan fingerprint density at radius 3 is 2.40 bits per heavy atom. The summed E-state index contributed by atoms with van der Waals surface area (Å²) >= 11 is 0. The summed E-state index contributed by atoms with van der Waals surface area (Å²) in [5.41, 5.74) is 4.81. The standard InChI is InChI=1S/C27H27F3N6O3S/c1-34-9-11-35(12-10-34)26-23(3-2-4-24(26)31-8-7-28)27(37)33-36-25-6-5-21(13-18(25)17-32-36)40(38,39)22-15-19(29)14-20(30)16-22/h2-6,13-17,31H,7-12H2,1H3,(H,33,37). The van der Waals surface area contributed by atoms with Gasteiger partial charge >= 0.3 is 0 Å². The molecule has 1 aromatic heterocycles. The second-order valence-corrected chi connectivity index (χ2v) is 11.4. The normalized spacial score (nSPS) is 14.4. The highest BCUT2D eigenvalue weighted by Crippen LogP contribution is 2.32. The number of alkyl halides is 1. The molecule has 40 heavy (non-hydrogen) atoms. The molecule has 0 radical (unpaired) electrons. The average molecular weight is 573 g/mol. The second-order valence-electron chi connectivity index (χ2n) is 9.43. The molecule has 1 amide bonds. The predicted octanol–water partition coefficient (Wildman–Crippen LogP) is 3.66. The van der Waals surface area contributed by atoms with Gasteiger partial charge in [-0.05, 0) is 49.5 Å². The van der Waals surface area contributed by atoms with Gasteiger partial charge in [-0.2, -0.15) is 9.89 Å². The van der Waals surface area contributed by atoms with Crippen LogP contribution in [-0.2, 0) is 9.84 Å². The number of nitrogens with zero attached hydrogens (tertiary/aromatic N) is 4. The van der Waals surface area contributed by atoms with Crippen LogP contribution >= 0.6 is 0 Å². The number of para-hydroxylation sites is 1. The molecule has 2 N–H and O–H groups in total. The first-order valence-corrected chi connectivity index (χ1v) is 14.0. The third-order valence-corrected chi connectivity index (χ3v) is 8.44. The fourth-order valence-electron chi connectivity index (χ4n) is 4.67. The molecule has 0 spiro atoms. The Balaban J connectivity index is 1.45. The Labute approximate surface area is 229 Å². The quantitative estimate of drug-likeness (QED) is 0.333. The number of hydrogen-bond acceptors (Lipinski definition) is 7. The molecule has 0 atom stereocenters. The number of piperazine rings is 1. The van der Waals surface area contributed by atoms with E-state index in [0.29, 0.717) is 47.0 Å². The van der Waals surface area contributed by atoms with Crippen LogP contribution in [0.3, 0.4) is 0 Å². The SMILES string of the molecule is CN1CCN(c2c(NCCF)cccc2C(=O)Nn2ncc3cc(S(=O)(=O)c4cc(F)cc(F)c4)ccc32)CC1. The molecule has 0 aliphatic carbocycles. The number of halogens is 3. The van der Waals surface area contributed by atoms with Gasteiger partial charge in [0, 0.05) is 44.2 Å². The summed E-state index contributed by atoms with van der Waals surface area (Å²) in [6.07, 6.45) is 1.38. The van der Waals surface area contributed by atoms with E-state index in [0.717, 1.165) is 25.2 Å². The minimum atomic E-state index is -4.21. The Hall–Kier alpha value is -4.10. The van der Waals surface area contributed by atoms with E-state index >= 15 is 0 Å². The number of carbonyl (C=O) groups excluding carboxylic acids is 1. The maximum absolute atomic E-state index is 13.7. The molecular formula is C27H27F3N6O3S. The van der Waals surface area contributed by atoms with Crippen LogP contribution in [0.25, 0.3) is 10.9 Å². The lowest BCUT2D eigenvalue weighted by atomic mass is 10.1. The number of nitrogens with one attached hydrogen (secondary N) is 2. The molecular weight excluding hydrogens is 545 g/mol. The molecule has 4 aromatic rings. The Bertz CT molecular complexity index is 1650. The lowest BCUT2D eigenvalue weighted by molar-refractivity contribution is 0.101. The largest absolute Gasteiger partial charge is 0.381 e. The zero-order valence-corrected chi connectivity index (χ0v) is 22.4. The number of anilines is 2. The lowest BCUT2D eigenvalue weighted by Gasteiger charge is -2.36. The van der Waals surface area contributed by atoms with Crippen LogP contribution < -0.4 is 15.6 Å². The number of amides is 1. The fraction of sp³-hybridized carbons (Fsp3) is 0.259. The molecule has 13 heteroatoms. The molecule has 9 nitrogen and oxygen atoms in total. The second kappa shape index (κ2) is 11.2. The van der Waals surface area contributed by atoms with E-state index in [1.165, 1.54) is 29.2 Å². The van der Waals surface area contributed by atoms with E-state index in [2.05, 4.69) is 25.6 Å². The number of fused-ring (bicyclic) bond motifs is 1. The summed E-state index contributed by atoms with van der Waals surface area (Å²) in [5.74, 6) is -2.47. The molecule has 0 bridgehead atoms. The molecule has 2 heterocycles. The molecule has 0 saturated carbocycles. The van der Waals surface area contributed by atoms with Gasteiger partial charge in [0.1, 0.15) is 18.3 Å². The summed E-state index contributed by atoms with van der Waals surface area (Å²) in [5, 5.41) is 7.64. The van der Waals surface area contributed by atoms with Crippen LogP contribution in [0.15, 0.2) is 70.6 Å². The van der Waals surface area contributed by atoms with E-state index in [1.807, 2.05) is 7.05 Å². The number of benzene rings is 3. The molecule has 0 unspecified atom stereocenters. The first kappa shape index (κ1) is 27.5. The number of hydrogen-bond donors (Lipinski definition) is 2. The smallest absolute Gasteiger partial charge is 0.273 e. The highest BCUT2D eigenvalue weighted by atomic mass is 32.2. The molecule has 210 valence electrons. The number of carbonyl (C=O) groups is 1. The van der Waals surface area contributed by atoms with Crippen LogP contribution in [-0.4, -0.2) is 75.6 Å². The van der Waals surface area contributed by atoms with Crippen LogP contribution in [0.1, 0.15) is 10.4 Å². The minimum absolute atomic E-state index is 0.100. The van der Waals surface area contributed by atoms with Crippen molar-refractivity contribution in [3.63, 3.8) is 0 Å². The van der Waals surface area contributed by atoms with Crippen molar-refractivity contribution in [2.24, 2.45) is 0 Å². The van der Waals surface area contributed by atoms with Gasteiger partial charge < -0.3 is 15.1 Å². The van der Waals surface area contributed by atoms with Crippen molar-refractivity contribution in [2.75, 3.05) is 62.1 Å². The zero-order chi connectivity index (χ0) is 28.4. The van der Waals surface area contributed by atoms with Crippen LogP contribution in [0.5, 0.6) is 0 Å². The summed E-state index contributed by atoms with van der Waals surface area (Å²) in [7, 11) is -2.19. The minimum Gasteiger partial charge on any atom is -0.381 e. The van der Waals surface area contributed by atoms with Crippen LogP contribution in [0.4, 0.5) is 24.5 Å². The number of rotatable bonds is 8. The van der Waals surface area contributed by atoms with Crippen molar-refractivity contribution in [1.82, 2.24) is 14.8 Å². The van der Waals surface area contributed by atoms with Gasteiger partial charge in [-0.25, -0.2) is 27.0 Å². The van der Waals surface area contributed by atoms with E-state index in [9.17, 15) is 26.4 Å². The van der Waals surface area contributed by atoms with Gasteiger partial charge in [0.2, 0.25) is 9.84 Å². The molecule has 1 aliphatic heterocycles. The highest BCUT2D eigenvalue weighted by Gasteiger charge is 2.25. The topological polar surface area (TPSA) is 99.6 Å². The molecule has 1 fully saturated rings. The van der Waals surface area contributed by atoms with E-state index in [-0.39, 0.29) is 11.4 Å². The first-order chi connectivity index (χ1) is 19.2. The van der Waals surface area contributed by atoms with Gasteiger partial charge in [0.25, 0.3) is 5.91 Å². The molecule has 3 aromatic carbocycles. The summed E-state index contributed by atoms with van der Waals surface area (Å²) < 4.78 is 66.3. The van der Waals surface area contributed by atoms with Crippen LogP contribution in [0.2, 0.25) is 0 Å². The van der Waals surface area contributed by atoms with Crippen LogP contribution in [0, 0.1) is 11.6 Å². The molecule has 1 saturated heterocycles. The number of aromatic nitrogens is 2. The maximum atomic E-state index is 13.7. The Morgan fingerprint density at radius 2 is 1.70 bits per heavy atom. The highest BCUT2D eigenvalue weighted by molar-refractivity contribution is 7.91. The predicted molar refractivity (Wildman–Crippen MR) is 146 cm³/mol. The van der Waals surface area contributed by atoms with E-state index in [1.54, 1.807) is 18.2 Å². The Kier molecular flexibility index (Phi) is 7.68. The third kappa shape index (κ3) is 5.47. The van der Waals surface area contributed by atoms with Crippen molar-refractivity contribution < 1.29 is 26.4 Å². The summed E-state index contributed by atoms with van der Waals surface area (Å²) in [6, 6.07) is 11.3. The summed E-state index contributed by atoms with van der Waals surface area (Å²) in [4.78, 5) is 18.3. The van der Waals surface area contributed by atoms with Crippen molar-refractivity contribution in [1.29, 1.82) is 0 Å². The van der Waals surface area contributed by atoms with Gasteiger partial charge in [-0.3, -0.25) is 4.79 Å². The monoisotopic (exact) mass is 572 g/mol. The van der Waals surface area contributed by atoms with E-state index < -0.39 is 38.9 Å². The molecule has 1 aliphatic rings.